The zero-order chi connectivity index (χ0) is 15.4. The van der Waals surface area contributed by atoms with Gasteiger partial charge in [0.1, 0.15) is 11.5 Å². The Hall–Kier alpha value is -2.60. The van der Waals surface area contributed by atoms with Gasteiger partial charge in [-0.3, -0.25) is 9.78 Å². The number of nitrogens with zero attached hydrogens (tertiary/aromatic N) is 2. The van der Waals surface area contributed by atoms with Crippen LogP contribution in [0.1, 0.15) is 27.0 Å². The molecule has 3 aromatic rings. The molecule has 2 heterocycles. The summed E-state index contributed by atoms with van der Waals surface area (Å²) in [6, 6.07) is 9.57. The Labute approximate surface area is 130 Å². The van der Waals surface area contributed by atoms with Crippen LogP contribution in [0.2, 0.25) is 0 Å². The average molecular weight is 313 g/mol. The van der Waals surface area contributed by atoms with Crippen molar-refractivity contribution in [2.75, 3.05) is 0 Å². The Balaban J connectivity index is 1.90. The highest BCUT2D eigenvalue weighted by atomic mass is 32.1. The van der Waals surface area contributed by atoms with Gasteiger partial charge in [-0.2, -0.15) is 0 Å². The quantitative estimate of drug-likeness (QED) is 0.805. The number of carbonyl (C=O) groups excluding carboxylic acids is 1. The zero-order valence-corrected chi connectivity index (χ0v) is 12.3. The van der Waals surface area contributed by atoms with Crippen LogP contribution in [0.3, 0.4) is 0 Å². The van der Waals surface area contributed by atoms with Crippen LogP contribution in [0.15, 0.2) is 60.4 Å². The standard InChI is InChI=1S/C16H12FN3OS/c17-12-5-3-11(4-6-12)15(14-2-1-9-22-14)20-16(21)13-10-18-7-8-19-13/h1-10,15H,(H,20,21). The number of carbonyl (C=O) groups is 1. The van der Waals surface area contributed by atoms with Crippen molar-refractivity contribution >= 4 is 17.2 Å². The van der Waals surface area contributed by atoms with Gasteiger partial charge in [0.05, 0.1) is 12.2 Å². The average Bonchev–Trinajstić information content (AvgIpc) is 3.08. The zero-order valence-electron chi connectivity index (χ0n) is 11.4. The molecular weight excluding hydrogens is 301 g/mol. The van der Waals surface area contributed by atoms with Crippen molar-refractivity contribution in [2.45, 2.75) is 6.04 Å². The summed E-state index contributed by atoms with van der Waals surface area (Å²) in [7, 11) is 0. The molecule has 0 saturated carbocycles. The number of hydrogen-bond acceptors (Lipinski definition) is 4. The Kier molecular flexibility index (Phi) is 4.20. The lowest BCUT2D eigenvalue weighted by atomic mass is 10.1. The Morgan fingerprint density at radius 3 is 2.64 bits per heavy atom. The summed E-state index contributed by atoms with van der Waals surface area (Å²) in [5.74, 6) is -0.634. The van der Waals surface area contributed by atoms with Crippen LogP contribution in [-0.4, -0.2) is 15.9 Å². The molecule has 1 N–H and O–H groups in total. The summed E-state index contributed by atoms with van der Waals surface area (Å²) in [6.45, 7) is 0. The molecule has 2 aromatic heterocycles. The number of nitrogens with one attached hydrogen (secondary N) is 1. The molecule has 1 aromatic carbocycles. The molecule has 0 saturated heterocycles. The molecule has 6 heteroatoms. The largest absolute Gasteiger partial charge is 0.339 e. The van der Waals surface area contributed by atoms with Gasteiger partial charge in [-0.05, 0) is 29.1 Å². The maximum atomic E-state index is 13.1. The van der Waals surface area contributed by atoms with Gasteiger partial charge >= 0.3 is 0 Å². The van der Waals surface area contributed by atoms with Crippen molar-refractivity contribution in [3.63, 3.8) is 0 Å². The Morgan fingerprint density at radius 1 is 1.18 bits per heavy atom. The highest BCUT2D eigenvalue weighted by molar-refractivity contribution is 7.10. The fourth-order valence-electron chi connectivity index (χ4n) is 2.05. The third-order valence-electron chi connectivity index (χ3n) is 3.10. The molecule has 0 aliphatic heterocycles. The normalized spacial score (nSPS) is 11.9. The minimum Gasteiger partial charge on any atom is -0.339 e. The lowest BCUT2D eigenvalue weighted by Gasteiger charge is -2.17. The second-order valence-corrected chi connectivity index (χ2v) is 5.54. The van der Waals surface area contributed by atoms with E-state index in [0.717, 1.165) is 10.4 Å². The molecule has 0 spiro atoms. The summed E-state index contributed by atoms with van der Waals surface area (Å²) in [5, 5.41) is 4.85. The van der Waals surface area contributed by atoms with E-state index in [-0.39, 0.29) is 23.5 Å². The van der Waals surface area contributed by atoms with Crippen LogP contribution in [0.25, 0.3) is 0 Å². The molecule has 110 valence electrons. The molecule has 0 fully saturated rings. The maximum Gasteiger partial charge on any atom is 0.272 e. The third kappa shape index (κ3) is 3.17. The Morgan fingerprint density at radius 2 is 2.00 bits per heavy atom. The first kappa shape index (κ1) is 14.3. The summed E-state index contributed by atoms with van der Waals surface area (Å²) in [4.78, 5) is 21.1. The van der Waals surface area contributed by atoms with Crippen LogP contribution < -0.4 is 5.32 Å². The van der Waals surface area contributed by atoms with Crippen molar-refractivity contribution in [1.82, 2.24) is 15.3 Å². The van der Waals surface area contributed by atoms with Crippen LogP contribution in [-0.2, 0) is 0 Å². The summed E-state index contributed by atoms with van der Waals surface area (Å²) >= 11 is 1.52. The van der Waals surface area contributed by atoms with E-state index in [1.807, 2.05) is 17.5 Å². The second kappa shape index (κ2) is 6.44. The van der Waals surface area contributed by atoms with Gasteiger partial charge in [0.25, 0.3) is 5.91 Å². The van der Waals surface area contributed by atoms with Gasteiger partial charge in [0.15, 0.2) is 0 Å². The number of rotatable bonds is 4. The molecule has 1 unspecified atom stereocenters. The summed E-state index contributed by atoms with van der Waals surface area (Å²) < 4.78 is 13.1. The van der Waals surface area contributed by atoms with Crippen LogP contribution in [0.4, 0.5) is 4.39 Å². The predicted molar refractivity (Wildman–Crippen MR) is 82.1 cm³/mol. The minimum absolute atomic E-state index is 0.242. The van der Waals surface area contributed by atoms with Gasteiger partial charge in [0.2, 0.25) is 0 Å². The molecule has 0 radical (unpaired) electrons. The first-order chi connectivity index (χ1) is 10.7. The fraction of sp³-hybridized carbons (Fsp3) is 0.0625. The molecule has 0 aliphatic rings. The number of amides is 1. The molecule has 0 aliphatic carbocycles. The van der Waals surface area contributed by atoms with Crippen LogP contribution in [0, 0.1) is 5.82 Å². The monoisotopic (exact) mass is 313 g/mol. The van der Waals surface area contributed by atoms with E-state index >= 15 is 0 Å². The first-order valence-electron chi connectivity index (χ1n) is 6.60. The molecule has 0 bridgehead atoms. The minimum atomic E-state index is -0.352. The van der Waals surface area contributed by atoms with E-state index in [9.17, 15) is 9.18 Å². The number of hydrogen-bond donors (Lipinski definition) is 1. The molecular formula is C16H12FN3OS. The van der Waals surface area contributed by atoms with E-state index in [2.05, 4.69) is 15.3 Å². The van der Waals surface area contributed by atoms with Crippen LogP contribution in [0.5, 0.6) is 0 Å². The highest BCUT2D eigenvalue weighted by Gasteiger charge is 2.19. The van der Waals surface area contributed by atoms with E-state index < -0.39 is 0 Å². The first-order valence-corrected chi connectivity index (χ1v) is 7.48. The van der Waals surface area contributed by atoms with Crippen molar-refractivity contribution in [3.05, 3.63) is 82.3 Å². The molecule has 22 heavy (non-hydrogen) atoms. The lowest BCUT2D eigenvalue weighted by Crippen LogP contribution is -2.29. The van der Waals surface area contributed by atoms with Gasteiger partial charge in [-0.25, -0.2) is 9.37 Å². The number of halogens is 1. The third-order valence-corrected chi connectivity index (χ3v) is 4.04. The van der Waals surface area contributed by atoms with Crippen molar-refractivity contribution in [1.29, 1.82) is 0 Å². The summed E-state index contributed by atoms with van der Waals surface area (Å²) in [6.07, 6.45) is 4.38. The van der Waals surface area contributed by atoms with Gasteiger partial charge in [-0.1, -0.05) is 18.2 Å². The Bertz CT molecular complexity index is 745. The van der Waals surface area contributed by atoms with E-state index in [1.165, 1.54) is 42.1 Å². The van der Waals surface area contributed by atoms with E-state index in [0.29, 0.717) is 0 Å². The van der Waals surface area contributed by atoms with Crippen molar-refractivity contribution in [3.8, 4) is 0 Å². The van der Waals surface area contributed by atoms with E-state index in [1.54, 1.807) is 12.1 Å². The van der Waals surface area contributed by atoms with Gasteiger partial charge in [0, 0.05) is 17.3 Å². The van der Waals surface area contributed by atoms with Gasteiger partial charge < -0.3 is 5.32 Å². The SMILES string of the molecule is O=C(NC(c1ccc(F)cc1)c1cccs1)c1cnccn1. The molecule has 4 nitrogen and oxygen atoms in total. The van der Waals surface area contributed by atoms with E-state index in [4.69, 9.17) is 0 Å². The maximum absolute atomic E-state index is 13.1. The highest BCUT2D eigenvalue weighted by Crippen LogP contribution is 2.26. The fourth-order valence-corrected chi connectivity index (χ4v) is 2.85. The topological polar surface area (TPSA) is 54.9 Å². The lowest BCUT2D eigenvalue weighted by molar-refractivity contribution is 0.0938. The molecule has 1 atom stereocenters. The van der Waals surface area contributed by atoms with Gasteiger partial charge in [-0.15, -0.1) is 11.3 Å². The smallest absolute Gasteiger partial charge is 0.272 e. The number of benzene rings is 1. The number of aromatic nitrogens is 2. The molecule has 1 amide bonds. The van der Waals surface area contributed by atoms with Crippen LogP contribution >= 0.6 is 11.3 Å². The number of thiophene rings is 1. The molecule has 3 rings (SSSR count). The second-order valence-electron chi connectivity index (χ2n) is 4.56. The summed E-state index contributed by atoms with van der Waals surface area (Å²) in [5.41, 5.74) is 1.05. The predicted octanol–water partition coefficient (Wildman–Crippen LogP) is 3.20. The van der Waals surface area contributed by atoms with Crippen molar-refractivity contribution < 1.29 is 9.18 Å². The van der Waals surface area contributed by atoms with Crippen molar-refractivity contribution in [2.24, 2.45) is 0 Å².